The molecule has 0 bridgehead atoms. The van der Waals surface area contributed by atoms with Gasteiger partial charge in [-0.25, -0.2) is 4.39 Å². The quantitative estimate of drug-likeness (QED) is 0.859. The molecule has 1 fully saturated rings. The van der Waals surface area contributed by atoms with Gasteiger partial charge in [-0.15, -0.1) is 0 Å². The Morgan fingerprint density at radius 2 is 2.00 bits per heavy atom. The van der Waals surface area contributed by atoms with Crippen LogP contribution in [-0.4, -0.2) is 23.4 Å². The summed E-state index contributed by atoms with van der Waals surface area (Å²) in [7, 11) is 0. The van der Waals surface area contributed by atoms with E-state index in [2.05, 4.69) is 5.32 Å². The second-order valence-electron chi connectivity index (χ2n) is 5.04. The average Bonchev–Trinajstić information content (AvgIpc) is 2.32. The first kappa shape index (κ1) is 13.8. The van der Waals surface area contributed by atoms with Crippen LogP contribution in [0.2, 0.25) is 5.02 Å². The lowest BCUT2D eigenvalue weighted by atomic mass is 9.96. The van der Waals surface area contributed by atoms with Gasteiger partial charge in [0.1, 0.15) is 11.6 Å². The molecule has 1 aliphatic heterocycles. The molecule has 4 nitrogen and oxygen atoms in total. The minimum Gasteiger partial charge on any atom is -0.340 e. The Balaban J connectivity index is 2.55. The largest absolute Gasteiger partial charge is 0.340 e. The second kappa shape index (κ2) is 4.49. The van der Waals surface area contributed by atoms with E-state index in [4.69, 9.17) is 11.6 Å². The molecule has 6 heteroatoms. The molecule has 0 radical (unpaired) electrons. The summed E-state index contributed by atoms with van der Waals surface area (Å²) >= 11 is 5.72. The number of nitrogens with one attached hydrogen (secondary N) is 1. The van der Waals surface area contributed by atoms with Gasteiger partial charge in [-0.3, -0.25) is 14.5 Å². The van der Waals surface area contributed by atoms with Crippen LogP contribution in [0.3, 0.4) is 0 Å². The van der Waals surface area contributed by atoms with Crippen molar-refractivity contribution in [1.82, 2.24) is 5.32 Å². The van der Waals surface area contributed by atoms with Crippen molar-refractivity contribution in [1.29, 1.82) is 0 Å². The van der Waals surface area contributed by atoms with E-state index in [1.54, 1.807) is 26.8 Å². The van der Waals surface area contributed by atoms with E-state index >= 15 is 0 Å². The maximum absolute atomic E-state index is 14.1. The number of hydrogen-bond donors (Lipinski definition) is 1. The van der Waals surface area contributed by atoms with Crippen molar-refractivity contribution in [3.8, 4) is 0 Å². The molecule has 1 aromatic rings. The predicted molar refractivity (Wildman–Crippen MR) is 70.6 cm³/mol. The number of piperazine rings is 1. The second-order valence-corrected chi connectivity index (χ2v) is 5.45. The fourth-order valence-electron chi connectivity index (χ4n) is 2.06. The molecule has 2 amide bonds. The van der Waals surface area contributed by atoms with Gasteiger partial charge in [-0.2, -0.15) is 0 Å². The summed E-state index contributed by atoms with van der Waals surface area (Å²) in [6.07, 6.45) is 0. The monoisotopic (exact) mass is 284 g/mol. The maximum atomic E-state index is 14.1. The number of benzene rings is 1. The molecule has 102 valence electrons. The number of anilines is 1. The molecular weight excluding hydrogens is 271 g/mol. The molecule has 2 rings (SSSR count). The summed E-state index contributed by atoms with van der Waals surface area (Å²) in [6, 6.07) is 3.59. The molecular formula is C13H14ClFN2O2. The average molecular weight is 285 g/mol. The summed E-state index contributed by atoms with van der Waals surface area (Å²) in [5, 5.41) is 2.52. The minimum absolute atomic E-state index is 0.0212. The smallest absolute Gasteiger partial charge is 0.252 e. The van der Waals surface area contributed by atoms with Crippen LogP contribution >= 0.6 is 11.6 Å². The van der Waals surface area contributed by atoms with Gasteiger partial charge in [-0.05, 0) is 32.9 Å². The molecule has 1 unspecified atom stereocenters. The standard InChI is InChI=1S/C13H14ClFN2O2/c1-7-11(18)16-13(2,3)12(19)17(7)9-6-4-5-8(14)10(9)15/h4-7H,1-3H3,(H,16,18). The molecule has 0 aliphatic carbocycles. The lowest BCUT2D eigenvalue weighted by Crippen LogP contribution is -2.67. The van der Waals surface area contributed by atoms with Crippen molar-refractivity contribution in [2.45, 2.75) is 32.4 Å². The predicted octanol–water partition coefficient (Wildman–Crippen LogP) is 2.11. The number of halogens is 2. The van der Waals surface area contributed by atoms with Gasteiger partial charge in [0, 0.05) is 0 Å². The molecule has 1 aliphatic rings. The molecule has 1 heterocycles. The Morgan fingerprint density at radius 1 is 1.37 bits per heavy atom. The number of rotatable bonds is 1. The van der Waals surface area contributed by atoms with Crippen LogP contribution in [0.25, 0.3) is 0 Å². The minimum atomic E-state index is -1.07. The van der Waals surface area contributed by atoms with Crippen LogP contribution in [0.5, 0.6) is 0 Å². The molecule has 1 aromatic carbocycles. The van der Waals surface area contributed by atoms with Gasteiger partial charge in [0.15, 0.2) is 5.82 Å². The fraction of sp³-hybridized carbons (Fsp3) is 0.385. The zero-order chi connectivity index (χ0) is 14.4. The Hall–Kier alpha value is -1.62. The first-order valence-electron chi connectivity index (χ1n) is 5.85. The van der Waals surface area contributed by atoms with Crippen LogP contribution < -0.4 is 10.2 Å². The molecule has 1 saturated heterocycles. The molecule has 19 heavy (non-hydrogen) atoms. The topological polar surface area (TPSA) is 49.4 Å². The van der Waals surface area contributed by atoms with E-state index in [1.807, 2.05) is 0 Å². The summed E-state index contributed by atoms with van der Waals surface area (Å²) < 4.78 is 14.1. The van der Waals surface area contributed by atoms with Crippen LogP contribution in [0.1, 0.15) is 20.8 Å². The Kier molecular flexibility index (Phi) is 3.26. The molecule has 0 spiro atoms. The highest BCUT2D eigenvalue weighted by Crippen LogP contribution is 2.30. The summed E-state index contributed by atoms with van der Waals surface area (Å²) in [5.41, 5.74) is -1.05. The third-order valence-electron chi connectivity index (χ3n) is 3.15. The Labute approximate surface area is 115 Å². The van der Waals surface area contributed by atoms with Gasteiger partial charge in [0.05, 0.1) is 10.7 Å². The van der Waals surface area contributed by atoms with Gasteiger partial charge >= 0.3 is 0 Å². The number of nitrogens with zero attached hydrogens (tertiary/aromatic N) is 1. The van der Waals surface area contributed by atoms with Gasteiger partial charge in [0.2, 0.25) is 5.91 Å². The van der Waals surface area contributed by atoms with E-state index in [0.717, 1.165) is 4.90 Å². The van der Waals surface area contributed by atoms with E-state index < -0.39 is 17.4 Å². The number of hydrogen-bond acceptors (Lipinski definition) is 2. The van der Waals surface area contributed by atoms with Crippen molar-refractivity contribution in [2.24, 2.45) is 0 Å². The third-order valence-corrected chi connectivity index (χ3v) is 3.44. The van der Waals surface area contributed by atoms with E-state index in [0.29, 0.717) is 0 Å². The summed E-state index contributed by atoms with van der Waals surface area (Å²) in [6.45, 7) is 4.70. The van der Waals surface area contributed by atoms with E-state index in [-0.39, 0.29) is 22.5 Å². The number of amides is 2. The molecule has 0 saturated carbocycles. The highest BCUT2D eigenvalue weighted by Gasteiger charge is 2.44. The highest BCUT2D eigenvalue weighted by atomic mass is 35.5. The van der Waals surface area contributed by atoms with Crippen LogP contribution in [0, 0.1) is 5.82 Å². The Bertz CT molecular complexity index is 560. The zero-order valence-corrected chi connectivity index (χ0v) is 11.6. The van der Waals surface area contributed by atoms with Gasteiger partial charge in [-0.1, -0.05) is 17.7 Å². The van der Waals surface area contributed by atoms with Crippen LogP contribution in [0.4, 0.5) is 10.1 Å². The van der Waals surface area contributed by atoms with Gasteiger partial charge in [0.25, 0.3) is 5.91 Å². The van der Waals surface area contributed by atoms with E-state index in [1.165, 1.54) is 12.1 Å². The summed E-state index contributed by atoms with van der Waals surface area (Å²) in [4.78, 5) is 25.4. The van der Waals surface area contributed by atoms with E-state index in [9.17, 15) is 14.0 Å². The van der Waals surface area contributed by atoms with Crippen molar-refractivity contribution < 1.29 is 14.0 Å². The Morgan fingerprint density at radius 3 is 2.63 bits per heavy atom. The van der Waals surface area contributed by atoms with Crippen molar-refractivity contribution in [3.63, 3.8) is 0 Å². The molecule has 1 atom stereocenters. The van der Waals surface area contributed by atoms with Crippen molar-refractivity contribution >= 4 is 29.1 Å². The highest BCUT2D eigenvalue weighted by molar-refractivity contribution is 6.31. The van der Waals surface area contributed by atoms with Crippen LogP contribution in [0.15, 0.2) is 18.2 Å². The van der Waals surface area contributed by atoms with Crippen molar-refractivity contribution in [2.75, 3.05) is 4.90 Å². The number of carbonyl (C=O) groups is 2. The third kappa shape index (κ3) is 2.18. The maximum Gasteiger partial charge on any atom is 0.252 e. The number of carbonyl (C=O) groups excluding carboxylic acids is 2. The SMILES string of the molecule is CC1C(=O)NC(C)(C)C(=O)N1c1cccc(Cl)c1F. The lowest BCUT2D eigenvalue weighted by molar-refractivity contribution is -0.136. The first-order valence-corrected chi connectivity index (χ1v) is 6.23. The first-order chi connectivity index (χ1) is 8.75. The lowest BCUT2D eigenvalue weighted by Gasteiger charge is -2.41. The van der Waals surface area contributed by atoms with Crippen molar-refractivity contribution in [3.05, 3.63) is 29.0 Å². The van der Waals surface area contributed by atoms with Crippen LogP contribution in [-0.2, 0) is 9.59 Å². The zero-order valence-electron chi connectivity index (χ0n) is 10.8. The molecule has 0 aromatic heterocycles. The van der Waals surface area contributed by atoms with Gasteiger partial charge < -0.3 is 5.32 Å². The normalized spacial score (nSPS) is 22.4. The fourth-order valence-corrected chi connectivity index (χ4v) is 2.23. The summed E-state index contributed by atoms with van der Waals surface area (Å²) in [5.74, 6) is -1.40. The molecule has 1 N–H and O–H groups in total.